The van der Waals surface area contributed by atoms with Crippen molar-refractivity contribution in [3.8, 4) is 0 Å². The van der Waals surface area contributed by atoms with Crippen LogP contribution in [0, 0.1) is 13.8 Å². The van der Waals surface area contributed by atoms with Gasteiger partial charge >= 0.3 is 0 Å². The van der Waals surface area contributed by atoms with Gasteiger partial charge in [-0.15, -0.1) is 0 Å². The molecule has 3 aromatic rings. The van der Waals surface area contributed by atoms with Crippen molar-refractivity contribution in [2.24, 2.45) is 0 Å². The first-order chi connectivity index (χ1) is 13.8. The van der Waals surface area contributed by atoms with Gasteiger partial charge in [0, 0.05) is 11.8 Å². The monoisotopic (exact) mass is 412 g/mol. The van der Waals surface area contributed by atoms with Crippen molar-refractivity contribution in [3.63, 3.8) is 0 Å². The lowest BCUT2D eigenvalue weighted by Gasteiger charge is -2.12. The number of sulfonamides is 1. The molecule has 1 heterocycles. The van der Waals surface area contributed by atoms with Crippen LogP contribution < -0.4 is 15.6 Å². The first kappa shape index (κ1) is 20.2. The van der Waals surface area contributed by atoms with Crippen molar-refractivity contribution < 1.29 is 18.0 Å². The largest absolute Gasteiger partial charge is 0.357 e. The zero-order chi connectivity index (χ0) is 21.0. The SMILES string of the molecule is Cc1cccc(NS(=O)(=O)c2ccc(C(=O)NNC(=O)c3ccc[nH]3)cc2)c1C. The number of carbonyl (C=O) groups is 2. The van der Waals surface area contributed by atoms with E-state index in [1.54, 1.807) is 30.5 Å². The fourth-order valence-corrected chi connectivity index (χ4v) is 3.70. The van der Waals surface area contributed by atoms with Crippen molar-refractivity contribution in [3.05, 3.63) is 83.2 Å². The molecule has 3 rings (SSSR count). The molecule has 0 saturated heterocycles. The van der Waals surface area contributed by atoms with Crippen molar-refractivity contribution in [2.45, 2.75) is 18.7 Å². The number of benzene rings is 2. The molecule has 0 fully saturated rings. The van der Waals surface area contributed by atoms with Gasteiger partial charge in [0.05, 0.1) is 10.6 Å². The van der Waals surface area contributed by atoms with E-state index >= 15 is 0 Å². The Kier molecular flexibility index (Phi) is 5.69. The molecule has 0 aliphatic rings. The Bertz CT molecular complexity index is 1140. The number of aryl methyl sites for hydroxylation is 1. The molecule has 8 nitrogen and oxygen atoms in total. The lowest BCUT2D eigenvalue weighted by Crippen LogP contribution is -2.41. The van der Waals surface area contributed by atoms with Gasteiger partial charge in [0.1, 0.15) is 5.69 Å². The van der Waals surface area contributed by atoms with E-state index in [2.05, 4.69) is 20.6 Å². The minimum Gasteiger partial charge on any atom is -0.357 e. The highest BCUT2D eigenvalue weighted by Gasteiger charge is 2.17. The molecule has 1 aromatic heterocycles. The maximum atomic E-state index is 12.6. The maximum Gasteiger partial charge on any atom is 0.286 e. The van der Waals surface area contributed by atoms with Gasteiger partial charge in [0.25, 0.3) is 21.8 Å². The average molecular weight is 412 g/mol. The van der Waals surface area contributed by atoms with Crippen LogP contribution >= 0.6 is 0 Å². The summed E-state index contributed by atoms with van der Waals surface area (Å²) < 4.78 is 27.8. The second-order valence-corrected chi connectivity index (χ2v) is 8.05. The molecule has 2 amide bonds. The van der Waals surface area contributed by atoms with Gasteiger partial charge in [-0.3, -0.25) is 25.2 Å². The van der Waals surface area contributed by atoms with Gasteiger partial charge in [0.2, 0.25) is 0 Å². The summed E-state index contributed by atoms with van der Waals surface area (Å²) in [4.78, 5) is 26.7. The number of rotatable bonds is 5. The minimum absolute atomic E-state index is 0.0189. The number of hydrazine groups is 1. The molecule has 2 aromatic carbocycles. The second kappa shape index (κ2) is 8.19. The number of anilines is 1. The summed E-state index contributed by atoms with van der Waals surface area (Å²) in [7, 11) is -3.81. The molecule has 0 spiro atoms. The standard InChI is InChI=1S/C20H20N4O4S/c1-13-5-3-6-17(14(13)2)24-29(27,28)16-10-8-15(9-11-16)19(25)22-23-20(26)18-7-4-12-21-18/h3-12,21,24H,1-2H3,(H,22,25)(H,23,26). The summed E-state index contributed by atoms with van der Waals surface area (Å²) >= 11 is 0. The number of carbonyl (C=O) groups excluding carboxylic acids is 2. The van der Waals surface area contributed by atoms with Crippen LogP contribution in [-0.4, -0.2) is 25.2 Å². The number of H-pyrrole nitrogens is 1. The first-order valence-electron chi connectivity index (χ1n) is 8.71. The normalized spacial score (nSPS) is 11.0. The fourth-order valence-electron chi connectivity index (χ4n) is 2.58. The van der Waals surface area contributed by atoms with Gasteiger partial charge in [0.15, 0.2) is 0 Å². The summed E-state index contributed by atoms with van der Waals surface area (Å²) in [5.41, 5.74) is 7.35. The Morgan fingerprint density at radius 2 is 1.55 bits per heavy atom. The van der Waals surface area contributed by atoms with Crippen molar-refractivity contribution in [1.29, 1.82) is 0 Å². The second-order valence-electron chi connectivity index (χ2n) is 6.37. The summed E-state index contributed by atoms with van der Waals surface area (Å²) in [6.07, 6.45) is 1.59. The Morgan fingerprint density at radius 1 is 0.862 bits per heavy atom. The van der Waals surface area contributed by atoms with Crippen molar-refractivity contribution >= 4 is 27.5 Å². The number of aromatic amines is 1. The van der Waals surface area contributed by atoms with Crippen LogP contribution in [0.25, 0.3) is 0 Å². The minimum atomic E-state index is -3.81. The molecule has 0 saturated carbocycles. The molecular weight excluding hydrogens is 392 g/mol. The molecule has 0 aliphatic carbocycles. The molecule has 29 heavy (non-hydrogen) atoms. The van der Waals surface area contributed by atoms with Crippen LogP contribution in [-0.2, 0) is 10.0 Å². The third kappa shape index (κ3) is 4.64. The topological polar surface area (TPSA) is 120 Å². The van der Waals surface area contributed by atoms with Gasteiger partial charge < -0.3 is 4.98 Å². The van der Waals surface area contributed by atoms with Crippen LogP contribution in [0.5, 0.6) is 0 Å². The van der Waals surface area contributed by atoms with Crippen LogP contribution in [0.4, 0.5) is 5.69 Å². The Hall–Kier alpha value is -3.59. The summed E-state index contributed by atoms with van der Waals surface area (Å²) in [6, 6.07) is 14.0. The highest BCUT2D eigenvalue weighted by atomic mass is 32.2. The van der Waals surface area contributed by atoms with Crippen molar-refractivity contribution in [1.82, 2.24) is 15.8 Å². The van der Waals surface area contributed by atoms with E-state index in [1.807, 2.05) is 19.9 Å². The fraction of sp³-hybridized carbons (Fsp3) is 0.100. The molecule has 4 N–H and O–H groups in total. The number of amides is 2. The highest BCUT2D eigenvalue weighted by molar-refractivity contribution is 7.92. The Labute approximate surface area is 168 Å². The van der Waals surface area contributed by atoms with Crippen LogP contribution in [0.3, 0.4) is 0 Å². The highest BCUT2D eigenvalue weighted by Crippen LogP contribution is 2.22. The lowest BCUT2D eigenvalue weighted by atomic mass is 10.1. The number of hydrogen-bond donors (Lipinski definition) is 4. The third-order valence-electron chi connectivity index (χ3n) is 4.41. The Morgan fingerprint density at radius 3 is 2.21 bits per heavy atom. The molecule has 0 bridgehead atoms. The average Bonchev–Trinajstić information content (AvgIpc) is 3.24. The predicted molar refractivity (Wildman–Crippen MR) is 109 cm³/mol. The number of nitrogens with one attached hydrogen (secondary N) is 4. The molecule has 9 heteroatoms. The zero-order valence-electron chi connectivity index (χ0n) is 15.8. The first-order valence-corrected chi connectivity index (χ1v) is 10.2. The van der Waals surface area contributed by atoms with Gasteiger partial charge in [-0.25, -0.2) is 8.42 Å². The number of hydrogen-bond acceptors (Lipinski definition) is 4. The van der Waals surface area contributed by atoms with E-state index in [0.717, 1.165) is 11.1 Å². The summed E-state index contributed by atoms with van der Waals surface area (Å²) in [5.74, 6) is -1.07. The van der Waals surface area contributed by atoms with E-state index in [-0.39, 0.29) is 10.5 Å². The van der Waals surface area contributed by atoms with Crippen LogP contribution in [0.15, 0.2) is 65.7 Å². The van der Waals surface area contributed by atoms with Crippen molar-refractivity contribution in [2.75, 3.05) is 4.72 Å². The third-order valence-corrected chi connectivity index (χ3v) is 5.79. The molecule has 0 unspecified atom stereocenters. The Balaban J connectivity index is 1.67. The van der Waals surface area contributed by atoms with Gasteiger partial charge in [-0.1, -0.05) is 12.1 Å². The van der Waals surface area contributed by atoms with E-state index < -0.39 is 21.8 Å². The lowest BCUT2D eigenvalue weighted by molar-refractivity contribution is 0.0844. The summed E-state index contributed by atoms with van der Waals surface area (Å²) in [5, 5.41) is 0. The molecule has 0 aliphatic heterocycles. The molecular formula is C20H20N4O4S. The number of aromatic nitrogens is 1. The maximum absolute atomic E-state index is 12.6. The van der Waals surface area contributed by atoms with Gasteiger partial charge in [-0.2, -0.15) is 0 Å². The van der Waals surface area contributed by atoms with E-state index in [4.69, 9.17) is 0 Å². The van der Waals surface area contributed by atoms with Crippen LogP contribution in [0.1, 0.15) is 32.0 Å². The molecule has 150 valence electrons. The van der Waals surface area contributed by atoms with Crippen LogP contribution in [0.2, 0.25) is 0 Å². The van der Waals surface area contributed by atoms with Gasteiger partial charge in [-0.05, 0) is 67.4 Å². The quantitative estimate of drug-likeness (QED) is 0.481. The van der Waals surface area contributed by atoms with E-state index in [0.29, 0.717) is 11.4 Å². The van der Waals surface area contributed by atoms with E-state index in [1.165, 1.54) is 24.3 Å². The smallest absolute Gasteiger partial charge is 0.286 e. The van der Waals surface area contributed by atoms with E-state index in [9.17, 15) is 18.0 Å². The predicted octanol–water partition coefficient (Wildman–Crippen LogP) is 2.51. The summed E-state index contributed by atoms with van der Waals surface area (Å²) in [6.45, 7) is 3.73. The molecule has 0 atom stereocenters. The zero-order valence-corrected chi connectivity index (χ0v) is 16.6. The molecule has 0 radical (unpaired) electrons.